The summed E-state index contributed by atoms with van der Waals surface area (Å²) in [6.45, 7) is 1.40. The molecule has 0 aromatic heterocycles. The Morgan fingerprint density at radius 3 is 2.87 bits per heavy atom. The fraction of sp³-hybridized carbons (Fsp3) is 0.800. The van der Waals surface area contributed by atoms with Gasteiger partial charge >= 0.3 is 0 Å². The van der Waals surface area contributed by atoms with Crippen LogP contribution >= 0.6 is 0 Å². The molecular weight excluding hydrogens is 194 g/mol. The van der Waals surface area contributed by atoms with Crippen LogP contribution in [0.3, 0.4) is 0 Å². The quantitative estimate of drug-likeness (QED) is 0.629. The van der Waals surface area contributed by atoms with E-state index in [1.807, 2.05) is 0 Å². The SMILES string of the molecule is NC1CCCN(CC2CCC(=O)N2)C1=O. The van der Waals surface area contributed by atoms with Gasteiger partial charge in [0.15, 0.2) is 0 Å². The summed E-state index contributed by atoms with van der Waals surface area (Å²) in [6, 6.07) is -0.206. The largest absolute Gasteiger partial charge is 0.352 e. The molecule has 0 radical (unpaired) electrons. The van der Waals surface area contributed by atoms with Crippen LogP contribution < -0.4 is 11.1 Å². The molecule has 2 aliphatic heterocycles. The van der Waals surface area contributed by atoms with E-state index < -0.39 is 0 Å². The highest BCUT2D eigenvalue weighted by Crippen LogP contribution is 2.14. The summed E-state index contributed by atoms with van der Waals surface area (Å²) in [5.41, 5.74) is 5.69. The van der Waals surface area contributed by atoms with E-state index in [1.54, 1.807) is 4.90 Å². The third kappa shape index (κ3) is 2.28. The zero-order valence-electron chi connectivity index (χ0n) is 8.74. The van der Waals surface area contributed by atoms with Gasteiger partial charge in [-0.15, -0.1) is 0 Å². The second-order valence-electron chi connectivity index (χ2n) is 4.34. The first kappa shape index (κ1) is 10.4. The molecule has 84 valence electrons. The Morgan fingerprint density at radius 2 is 2.20 bits per heavy atom. The first-order valence-corrected chi connectivity index (χ1v) is 5.50. The maximum absolute atomic E-state index is 11.7. The Morgan fingerprint density at radius 1 is 1.40 bits per heavy atom. The molecule has 0 aromatic carbocycles. The Hall–Kier alpha value is -1.10. The molecule has 15 heavy (non-hydrogen) atoms. The minimum Gasteiger partial charge on any atom is -0.352 e. The number of rotatable bonds is 2. The number of nitrogens with zero attached hydrogens (tertiary/aromatic N) is 1. The summed E-state index contributed by atoms with van der Waals surface area (Å²) in [4.78, 5) is 24.5. The van der Waals surface area contributed by atoms with Gasteiger partial charge in [0, 0.05) is 25.6 Å². The lowest BCUT2D eigenvalue weighted by atomic mass is 10.0. The van der Waals surface area contributed by atoms with Crippen molar-refractivity contribution in [3.05, 3.63) is 0 Å². The maximum Gasteiger partial charge on any atom is 0.239 e. The van der Waals surface area contributed by atoms with Crippen molar-refractivity contribution in [2.75, 3.05) is 13.1 Å². The topological polar surface area (TPSA) is 75.4 Å². The number of amides is 2. The third-order valence-electron chi connectivity index (χ3n) is 3.10. The molecule has 0 aliphatic carbocycles. The zero-order valence-corrected chi connectivity index (χ0v) is 8.74. The van der Waals surface area contributed by atoms with Crippen LogP contribution in [0.1, 0.15) is 25.7 Å². The molecular formula is C10H17N3O2. The van der Waals surface area contributed by atoms with E-state index >= 15 is 0 Å². The summed E-state index contributed by atoms with van der Waals surface area (Å²) in [6.07, 6.45) is 3.16. The smallest absolute Gasteiger partial charge is 0.239 e. The fourth-order valence-corrected chi connectivity index (χ4v) is 2.23. The number of hydrogen-bond donors (Lipinski definition) is 2. The third-order valence-corrected chi connectivity index (χ3v) is 3.10. The van der Waals surface area contributed by atoms with Gasteiger partial charge in [-0.1, -0.05) is 0 Å². The van der Waals surface area contributed by atoms with Gasteiger partial charge < -0.3 is 16.0 Å². The Bertz CT molecular complexity index is 280. The molecule has 5 heteroatoms. The monoisotopic (exact) mass is 211 g/mol. The molecule has 2 rings (SSSR count). The van der Waals surface area contributed by atoms with Crippen LogP contribution in [-0.2, 0) is 9.59 Å². The first-order valence-electron chi connectivity index (χ1n) is 5.50. The van der Waals surface area contributed by atoms with Gasteiger partial charge in [-0.3, -0.25) is 9.59 Å². The van der Waals surface area contributed by atoms with E-state index in [1.165, 1.54) is 0 Å². The van der Waals surface area contributed by atoms with Crippen LogP contribution in [0.5, 0.6) is 0 Å². The number of likely N-dealkylation sites (tertiary alicyclic amines) is 1. The average molecular weight is 211 g/mol. The van der Waals surface area contributed by atoms with Crippen molar-refractivity contribution in [2.24, 2.45) is 5.73 Å². The standard InChI is InChI=1S/C10H17N3O2/c11-8-2-1-5-13(10(8)15)6-7-3-4-9(14)12-7/h7-8H,1-6,11H2,(H,12,14). The molecule has 2 unspecified atom stereocenters. The molecule has 2 atom stereocenters. The van der Waals surface area contributed by atoms with Crippen molar-refractivity contribution in [2.45, 2.75) is 37.8 Å². The second-order valence-corrected chi connectivity index (χ2v) is 4.34. The van der Waals surface area contributed by atoms with E-state index in [0.717, 1.165) is 25.8 Å². The van der Waals surface area contributed by atoms with Crippen LogP contribution in [0.4, 0.5) is 0 Å². The fourth-order valence-electron chi connectivity index (χ4n) is 2.23. The van der Waals surface area contributed by atoms with Crippen LogP contribution in [0.15, 0.2) is 0 Å². The van der Waals surface area contributed by atoms with Crippen molar-refractivity contribution < 1.29 is 9.59 Å². The first-order chi connectivity index (χ1) is 7.16. The van der Waals surface area contributed by atoms with E-state index in [-0.39, 0.29) is 23.9 Å². The van der Waals surface area contributed by atoms with E-state index in [0.29, 0.717) is 13.0 Å². The van der Waals surface area contributed by atoms with E-state index in [4.69, 9.17) is 5.73 Å². The number of nitrogens with two attached hydrogens (primary N) is 1. The minimum atomic E-state index is -0.337. The summed E-state index contributed by atoms with van der Waals surface area (Å²) < 4.78 is 0. The average Bonchev–Trinajstić information content (AvgIpc) is 2.59. The van der Waals surface area contributed by atoms with Gasteiger partial charge in [-0.25, -0.2) is 0 Å². The highest BCUT2D eigenvalue weighted by atomic mass is 16.2. The van der Waals surface area contributed by atoms with Crippen LogP contribution in [0.25, 0.3) is 0 Å². The highest BCUT2D eigenvalue weighted by Gasteiger charge is 2.29. The lowest BCUT2D eigenvalue weighted by molar-refractivity contribution is -0.135. The second kappa shape index (κ2) is 4.18. The molecule has 0 saturated carbocycles. The Labute approximate surface area is 89.0 Å². The van der Waals surface area contributed by atoms with Crippen molar-refractivity contribution >= 4 is 11.8 Å². The molecule has 2 saturated heterocycles. The van der Waals surface area contributed by atoms with Gasteiger partial charge in [0.05, 0.1) is 6.04 Å². The van der Waals surface area contributed by atoms with E-state index in [2.05, 4.69) is 5.32 Å². The lowest BCUT2D eigenvalue weighted by Crippen LogP contribution is -2.51. The van der Waals surface area contributed by atoms with Crippen LogP contribution in [-0.4, -0.2) is 41.9 Å². The predicted molar refractivity (Wildman–Crippen MR) is 55.0 cm³/mol. The highest BCUT2D eigenvalue weighted by molar-refractivity contribution is 5.83. The predicted octanol–water partition coefficient (Wildman–Crippen LogP) is -0.785. The van der Waals surface area contributed by atoms with Crippen molar-refractivity contribution in [1.82, 2.24) is 10.2 Å². The molecule has 2 amide bonds. The molecule has 0 bridgehead atoms. The Kier molecular flexibility index (Phi) is 2.90. The normalized spacial score (nSPS) is 31.9. The maximum atomic E-state index is 11.7. The molecule has 2 aliphatic rings. The van der Waals surface area contributed by atoms with Crippen molar-refractivity contribution in [1.29, 1.82) is 0 Å². The molecule has 2 heterocycles. The summed E-state index contributed by atoms with van der Waals surface area (Å²) >= 11 is 0. The van der Waals surface area contributed by atoms with Crippen molar-refractivity contribution in [3.63, 3.8) is 0 Å². The minimum absolute atomic E-state index is 0.0300. The molecule has 0 spiro atoms. The van der Waals surface area contributed by atoms with Gasteiger partial charge in [0.2, 0.25) is 11.8 Å². The Balaban J connectivity index is 1.88. The van der Waals surface area contributed by atoms with Crippen molar-refractivity contribution in [3.8, 4) is 0 Å². The number of carbonyl (C=O) groups is 2. The molecule has 3 N–H and O–H groups in total. The zero-order chi connectivity index (χ0) is 10.8. The van der Waals surface area contributed by atoms with Gasteiger partial charge in [0.1, 0.15) is 0 Å². The molecule has 0 aromatic rings. The van der Waals surface area contributed by atoms with Gasteiger partial charge in [0.25, 0.3) is 0 Å². The van der Waals surface area contributed by atoms with Gasteiger partial charge in [-0.2, -0.15) is 0 Å². The number of hydrogen-bond acceptors (Lipinski definition) is 3. The van der Waals surface area contributed by atoms with Gasteiger partial charge in [-0.05, 0) is 19.3 Å². The van der Waals surface area contributed by atoms with E-state index in [9.17, 15) is 9.59 Å². The summed E-state index contributed by atoms with van der Waals surface area (Å²) in [5.74, 6) is 0.121. The van der Waals surface area contributed by atoms with Crippen LogP contribution in [0, 0.1) is 0 Å². The molecule has 2 fully saturated rings. The van der Waals surface area contributed by atoms with Crippen LogP contribution in [0.2, 0.25) is 0 Å². The number of carbonyl (C=O) groups excluding carboxylic acids is 2. The number of nitrogens with one attached hydrogen (secondary N) is 1. The lowest BCUT2D eigenvalue weighted by Gasteiger charge is -2.32. The molecule has 5 nitrogen and oxygen atoms in total. The number of piperidine rings is 1. The summed E-state index contributed by atoms with van der Waals surface area (Å²) in [7, 11) is 0. The summed E-state index contributed by atoms with van der Waals surface area (Å²) in [5, 5.41) is 2.86.